The number of phenolic OH excluding ortho intramolecular Hbond substituents is 1. The lowest BCUT2D eigenvalue weighted by Gasteiger charge is -2.12. The minimum absolute atomic E-state index is 0.00790. The number of aromatic hydroxyl groups is 1. The van der Waals surface area contributed by atoms with Gasteiger partial charge in [-0.3, -0.25) is 4.79 Å². The summed E-state index contributed by atoms with van der Waals surface area (Å²) in [7, 11) is 1.48. The summed E-state index contributed by atoms with van der Waals surface area (Å²) < 4.78 is 16.1. The van der Waals surface area contributed by atoms with Crippen LogP contribution in [0.4, 0.5) is 5.69 Å². The van der Waals surface area contributed by atoms with Gasteiger partial charge < -0.3 is 24.6 Å². The summed E-state index contributed by atoms with van der Waals surface area (Å²) in [4.78, 5) is 13.3. The second kappa shape index (κ2) is 9.32. The zero-order chi connectivity index (χ0) is 22.7. The fourth-order valence-corrected chi connectivity index (χ4v) is 3.78. The van der Waals surface area contributed by atoms with E-state index < -0.39 is 0 Å². The van der Waals surface area contributed by atoms with E-state index in [1.165, 1.54) is 12.7 Å². The van der Waals surface area contributed by atoms with E-state index in [-0.39, 0.29) is 24.1 Å². The van der Waals surface area contributed by atoms with Crippen molar-refractivity contribution in [2.45, 2.75) is 26.2 Å². The molecule has 166 valence electrons. The van der Waals surface area contributed by atoms with Gasteiger partial charge in [0.05, 0.1) is 19.2 Å². The van der Waals surface area contributed by atoms with Crippen LogP contribution in [0.2, 0.25) is 0 Å². The maximum Gasteiger partial charge on any atom is 0.231 e. The highest BCUT2D eigenvalue weighted by Gasteiger charge is 2.21. The van der Waals surface area contributed by atoms with E-state index in [1.54, 1.807) is 12.1 Å². The number of ketones is 1. The van der Waals surface area contributed by atoms with Gasteiger partial charge in [0.15, 0.2) is 28.8 Å². The molecule has 3 aromatic rings. The fourth-order valence-electron chi connectivity index (χ4n) is 3.78. The minimum Gasteiger partial charge on any atom is -0.504 e. The van der Waals surface area contributed by atoms with E-state index in [4.69, 9.17) is 14.2 Å². The number of carbonyl (C=O) groups excluding carboxylic acids is 1. The average Bonchev–Trinajstić information content (AvgIpc) is 3.27. The molecule has 4 rings (SSSR count). The number of methoxy groups -OCH3 is 1. The first-order chi connectivity index (χ1) is 15.5. The molecule has 0 fully saturated rings. The second-order valence-corrected chi connectivity index (χ2v) is 8.15. The number of quaternary nitrogens is 1. The fraction of sp³-hybridized carbons (Fsp3) is 0.269. The molecule has 32 heavy (non-hydrogen) atoms. The number of ether oxygens (including phenoxy) is 3. The Morgan fingerprint density at radius 3 is 2.53 bits per heavy atom. The van der Waals surface area contributed by atoms with E-state index >= 15 is 0 Å². The van der Waals surface area contributed by atoms with Gasteiger partial charge in [-0.25, -0.2) is 0 Å². The summed E-state index contributed by atoms with van der Waals surface area (Å²) in [6.07, 6.45) is 0.764. The summed E-state index contributed by atoms with van der Waals surface area (Å²) in [5, 5.41) is 12.3. The molecule has 0 bridgehead atoms. The molecule has 0 radical (unpaired) electrons. The first-order valence-electron chi connectivity index (χ1n) is 10.7. The first-order valence-corrected chi connectivity index (χ1v) is 10.7. The average molecular weight is 435 g/mol. The molecule has 0 aliphatic carbocycles. The molecule has 3 N–H and O–H groups in total. The van der Waals surface area contributed by atoms with Crippen molar-refractivity contribution in [1.82, 2.24) is 0 Å². The van der Waals surface area contributed by atoms with Crippen LogP contribution in [-0.4, -0.2) is 31.3 Å². The van der Waals surface area contributed by atoms with Gasteiger partial charge >= 0.3 is 0 Å². The predicted molar refractivity (Wildman–Crippen MR) is 121 cm³/mol. The van der Waals surface area contributed by atoms with Crippen LogP contribution in [0.1, 0.15) is 46.8 Å². The predicted octanol–water partition coefficient (Wildman–Crippen LogP) is 3.92. The van der Waals surface area contributed by atoms with Gasteiger partial charge in [-0.15, -0.1) is 0 Å². The van der Waals surface area contributed by atoms with Crippen LogP contribution in [-0.2, 0) is 6.42 Å². The molecular formula is C26H28NO5+. The number of fused-ring (bicyclic) bond motifs is 1. The zero-order valence-corrected chi connectivity index (χ0v) is 18.6. The second-order valence-electron chi connectivity index (χ2n) is 8.15. The van der Waals surface area contributed by atoms with Crippen LogP contribution in [0.25, 0.3) is 0 Å². The number of hydrogen-bond acceptors (Lipinski definition) is 5. The maximum atomic E-state index is 13.3. The van der Waals surface area contributed by atoms with Crippen LogP contribution in [0.15, 0.2) is 54.6 Å². The van der Waals surface area contributed by atoms with Crippen molar-refractivity contribution in [3.63, 3.8) is 0 Å². The first kappa shape index (κ1) is 21.7. The molecule has 0 unspecified atom stereocenters. The molecule has 1 heterocycles. The molecule has 0 saturated heterocycles. The lowest BCUT2D eigenvalue weighted by molar-refractivity contribution is -0.571. The van der Waals surface area contributed by atoms with Gasteiger partial charge in [-0.2, -0.15) is 0 Å². The van der Waals surface area contributed by atoms with E-state index in [2.05, 4.69) is 13.8 Å². The van der Waals surface area contributed by atoms with Crippen molar-refractivity contribution in [1.29, 1.82) is 0 Å². The van der Waals surface area contributed by atoms with Crippen molar-refractivity contribution < 1.29 is 29.4 Å². The topological polar surface area (TPSA) is 81.6 Å². The Hall–Kier alpha value is -3.51. The molecule has 0 aromatic heterocycles. The third kappa shape index (κ3) is 4.55. The Bertz CT molecular complexity index is 1120. The molecule has 1 aliphatic heterocycles. The van der Waals surface area contributed by atoms with Crippen LogP contribution in [0, 0.1) is 0 Å². The number of phenols is 1. The van der Waals surface area contributed by atoms with Crippen LogP contribution in [0.5, 0.6) is 23.0 Å². The van der Waals surface area contributed by atoms with E-state index in [0.717, 1.165) is 23.5 Å². The highest BCUT2D eigenvalue weighted by molar-refractivity contribution is 6.11. The number of rotatable bonds is 8. The molecule has 1 aliphatic rings. The third-order valence-electron chi connectivity index (χ3n) is 5.67. The molecule has 0 amide bonds. The van der Waals surface area contributed by atoms with Crippen molar-refractivity contribution in [3.05, 3.63) is 76.9 Å². The van der Waals surface area contributed by atoms with Crippen molar-refractivity contribution >= 4 is 11.5 Å². The quantitative estimate of drug-likeness (QED) is 0.415. The Morgan fingerprint density at radius 2 is 1.81 bits per heavy atom. The Morgan fingerprint density at radius 1 is 1.06 bits per heavy atom. The molecule has 6 nitrogen and oxygen atoms in total. The SMILES string of the molecule is COc1cc(C(=O)c2ccc(C(C)C)cc2)c([NH2+]CCc2ccc3c(c2)OCO3)cc1O. The van der Waals surface area contributed by atoms with Crippen LogP contribution in [0.3, 0.4) is 0 Å². The summed E-state index contributed by atoms with van der Waals surface area (Å²) in [6.45, 7) is 5.18. The normalized spacial score (nSPS) is 12.2. The van der Waals surface area contributed by atoms with Gasteiger partial charge in [0, 0.05) is 24.1 Å². The van der Waals surface area contributed by atoms with Crippen molar-refractivity contribution in [3.8, 4) is 23.0 Å². The van der Waals surface area contributed by atoms with Gasteiger partial charge in [0.25, 0.3) is 0 Å². The molecule has 3 aromatic carbocycles. The Balaban J connectivity index is 1.54. The highest BCUT2D eigenvalue weighted by atomic mass is 16.7. The van der Waals surface area contributed by atoms with Gasteiger partial charge in [0.1, 0.15) is 5.69 Å². The molecule has 0 atom stereocenters. The minimum atomic E-state index is -0.104. The van der Waals surface area contributed by atoms with Crippen LogP contribution >= 0.6 is 0 Å². The smallest absolute Gasteiger partial charge is 0.231 e. The molecule has 6 heteroatoms. The number of benzene rings is 3. The molecule has 0 spiro atoms. The lowest BCUT2D eigenvalue weighted by atomic mass is 9.97. The maximum absolute atomic E-state index is 13.3. The number of hydrogen-bond donors (Lipinski definition) is 2. The summed E-state index contributed by atoms with van der Waals surface area (Å²) in [5.41, 5.74) is 4.08. The standard InChI is InChI=1S/C26H27NO5/c1-16(2)18-5-7-19(8-6-18)26(29)20-13-24(30-3)22(28)14-21(20)27-11-10-17-4-9-23-25(12-17)32-15-31-23/h4-9,12-14,16,27-28H,10-11,15H2,1-3H3/p+1. The van der Waals surface area contributed by atoms with E-state index in [9.17, 15) is 9.90 Å². The third-order valence-corrected chi connectivity index (χ3v) is 5.67. The summed E-state index contributed by atoms with van der Waals surface area (Å²) in [5.74, 6) is 2.09. The summed E-state index contributed by atoms with van der Waals surface area (Å²) in [6, 6.07) is 16.8. The Kier molecular flexibility index (Phi) is 6.32. The number of carbonyl (C=O) groups is 1. The van der Waals surface area contributed by atoms with Gasteiger partial charge in [0.2, 0.25) is 6.79 Å². The van der Waals surface area contributed by atoms with E-state index in [0.29, 0.717) is 29.3 Å². The van der Waals surface area contributed by atoms with Crippen molar-refractivity contribution in [2.24, 2.45) is 0 Å². The van der Waals surface area contributed by atoms with E-state index in [1.807, 2.05) is 47.8 Å². The molecule has 0 saturated carbocycles. The largest absolute Gasteiger partial charge is 0.504 e. The highest BCUT2D eigenvalue weighted by Crippen LogP contribution is 2.33. The lowest BCUT2D eigenvalue weighted by Crippen LogP contribution is -2.79. The zero-order valence-electron chi connectivity index (χ0n) is 18.6. The molecular weight excluding hydrogens is 406 g/mol. The Labute approximate surface area is 187 Å². The van der Waals surface area contributed by atoms with Crippen molar-refractivity contribution in [2.75, 3.05) is 20.4 Å². The van der Waals surface area contributed by atoms with Gasteiger partial charge in [-0.05, 0) is 29.2 Å². The van der Waals surface area contributed by atoms with Gasteiger partial charge in [-0.1, -0.05) is 44.2 Å². The monoisotopic (exact) mass is 434 g/mol. The van der Waals surface area contributed by atoms with Crippen LogP contribution < -0.4 is 19.5 Å². The number of nitrogens with two attached hydrogens (primary N) is 1. The summed E-state index contributed by atoms with van der Waals surface area (Å²) >= 11 is 0.